The van der Waals surface area contributed by atoms with Gasteiger partial charge in [0.25, 0.3) is 0 Å². The average molecular weight is 203 g/mol. The lowest BCUT2D eigenvalue weighted by Gasteiger charge is -2.16. The Bertz CT molecular complexity index is 336. The van der Waals surface area contributed by atoms with Gasteiger partial charge in [0.2, 0.25) is 0 Å². The molecule has 0 bridgehead atoms. The summed E-state index contributed by atoms with van der Waals surface area (Å²) < 4.78 is 38.7. The van der Waals surface area contributed by atoms with E-state index in [4.69, 9.17) is 5.73 Å². The number of rotatable bonds is 2. The van der Waals surface area contributed by atoms with E-state index in [0.29, 0.717) is 6.07 Å². The van der Waals surface area contributed by atoms with Crippen LogP contribution in [0.4, 0.5) is 13.2 Å². The lowest BCUT2D eigenvalue weighted by atomic mass is 9.96. The molecule has 14 heavy (non-hydrogen) atoms. The molecular weight excluding hydrogens is 191 g/mol. The molecule has 0 unspecified atom stereocenters. The van der Waals surface area contributed by atoms with Crippen molar-refractivity contribution in [3.63, 3.8) is 0 Å². The summed E-state index contributed by atoms with van der Waals surface area (Å²) in [6, 6.07) is 0.745. The van der Waals surface area contributed by atoms with E-state index in [1.165, 1.54) is 0 Å². The maximum atomic E-state index is 13.2. The van der Waals surface area contributed by atoms with Crippen LogP contribution >= 0.6 is 0 Å². The number of hydrogen-bond donors (Lipinski definition) is 1. The fourth-order valence-electron chi connectivity index (χ4n) is 1.18. The second kappa shape index (κ2) is 4.00. The van der Waals surface area contributed by atoms with Crippen LogP contribution in [0, 0.1) is 23.4 Å². The number of nitrogens with two attached hydrogens (primary N) is 1. The minimum Gasteiger partial charge on any atom is -0.324 e. The van der Waals surface area contributed by atoms with Crippen LogP contribution in [-0.2, 0) is 0 Å². The van der Waals surface area contributed by atoms with Gasteiger partial charge in [0.15, 0.2) is 11.6 Å². The molecule has 0 aromatic heterocycles. The Morgan fingerprint density at radius 3 is 2.21 bits per heavy atom. The molecule has 0 fully saturated rings. The molecule has 1 atom stereocenters. The average Bonchev–Trinajstić information content (AvgIpc) is 2.09. The summed E-state index contributed by atoms with van der Waals surface area (Å²) in [7, 11) is 0. The summed E-state index contributed by atoms with van der Waals surface area (Å²) in [5, 5.41) is 0. The topological polar surface area (TPSA) is 26.0 Å². The van der Waals surface area contributed by atoms with Crippen LogP contribution in [0.25, 0.3) is 0 Å². The van der Waals surface area contributed by atoms with Crippen LogP contribution in [0.5, 0.6) is 0 Å². The number of halogens is 3. The van der Waals surface area contributed by atoms with Crippen LogP contribution in [0.2, 0.25) is 0 Å². The first kappa shape index (κ1) is 11.0. The van der Waals surface area contributed by atoms with Gasteiger partial charge in [-0.1, -0.05) is 13.8 Å². The van der Waals surface area contributed by atoms with Crippen LogP contribution in [0.1, 0.15) is 25.5 Å². The van der Waals surface area contributed by atoms with E-state index in [2.05, 4.69) is 0 Å². The monoisotopic (exact) mass is 203 g/mol. The van der Waals surface area contributed by atoms with Crippen molar-refractivity contribution in [3.8, 4) is 0 Å². The molecule has 0 aliphatic carbocycles. The highest BCUT2D eigenvalue weighted by molar-refractivity contribution is 5.23. The largest absolute Gasteiger partial charge is 0.324 e. The van der Waals surface area contributed by atoms with Gasteiger partial charge in [-0.25, -0.2) is 13.2 Å². The molecule has 1 nitrogen and oxygen atoms in total. The Balaban J connectivity index is 3.20. The molecule has 1 aromatic carbocycles. The second-order valence-corrected chi connectivity index (χ2v) is 3.56. The third kappa shape index (κ3) is 2.07. The first-order valence-corrected chi connectivity index (χ1v) is 4.33. The van der Waals surface area contributed by atoms with E-state index in [9.17, 15) is 13.2 Å². The van der Waals surface area contributed by atoms with Crippen molar-refractivity contribution in [2.45, 2.75) is 19.9 Å². The zero-order valence-electron chi connectivity index (χ0n) is 8.02. The summed E-state index contributed by atoms with van der Waals surface area (Å²) in [5.41, 5.74) is 5.49. The first-order valence-electron chi connectivity index (χ1n) is 4.33. The molecule has 0 radical (unpaired) electrons. The lowest BCUT2D eigenvalue weighted by molar-refractivity contribution is 0.443. The van der Waals surface area contributed by atoms with Gasteiger partial charge in [0.1, 0.15) is 5.82 Å². The van der Waals surface area contributed by atoms with E-state index in [1.54, 1.807) is 13.8 Å². The SMILES string of the molecule is CC(C)[C@H](N)c1cc(F)cc(F)c1F. The Morgan fingerprint density at radius 2 is 1.71 bits per heavy atom. The first-order chi connectivity index (χ1) is 6.43. The van der Waals surface area contributed by atoms with Crippen LogP contribution < -0.4 is 5.73 Å². The highest BCUT2D eigenvalue weighted by Gasteiger charge is 2.19. The van der Waals surface area contributed by atoms with E-state index in [1.807, 2.05) is 0 Å². The fourth-order valence-corrected chi connectivity index (χ4v) is 1.18. The maximum absolute atomic E-state index is 13.2. The Hall–Kier alpha value is -1.03. The molecule has 4 heteroatoms. The maximum Gasteiger partial charge on any atom is 0.163 e. The van der Waals surface area contributed by atoms with Gasteiger partial charge in [-0.05, 0) is 12.0 Å². The summed E-state index contributed by atoms with van der Waals surface area (Å²) >= 11 is 0. The lowest BCUT2D eigenvalue weighted by Crippen LogP contribution is -2.19. The summed E-state index contributed by atoms with van der Waals surface area (Å²) in [6.45, 7) is 3.51. The molecule has 2 N–H and O–H groups in total. The molecular formula is C10H12F3N. The minimum absolute atomic E-state index is 0.0781. The molecule has 0 amide bonds. The van der Waals surface area contributed by atoms with Crippen molar-refractivity contribution in [2.75, 3.05) is 0 Å². The quantitative estimate of drug-likeness (QED) is 0.735. The van der Waals surface area contributed by atoms with Crippen LogP contribution in [0.15, 0.2) is 12.1 Å². The second-order valence-electron chi connectivity index (χ2n) is 3.56. The van der Waals surface area contributed by atoms with Crippen LogP contribution in [-0.4, -0.2) is 0 Å². The van der Waals surface area contributed by atoms with Crippen molar-refractivity contribution in [2.24, 2.45) is 11.7 Å². The number of benzene rings is 1. The highest BCUT2D eigenvalue weighted by atomic mass is 19.2. The smallest absolute Gasteiger partial charge is 0.163 e. The molecule has 0 aliphatic rings. The van der Waals surface area contributed by atoms with Gasteiger partial charge in [-0.3, -0.25) is 0 Å². The van der Waals surface area contributed by atoms with E-state index < -0.39 is 23.5 Å². The molecule has 1 rings (SSSR count). The molecule has 0 spiro atoms. The molecule has 1 aromatic rings. The van der Waals surface area contributed by atoms with Crippen molar-refractivity contribution >= 4 is 0 Å². The molecule has 0 aliphatic heterocycles. The molecule has 0 saturated heterocycles. The number of hydrogen-bond acceptors (Lipinski definition) is 1. The standard InChI is InChI=1S/C10H12F3N/c1-5(2)10(14)7-3-6(11)4-8(12)9(7)13/h3-5,10H,14H2,1-2H3/t10-/m0/s1. The predicted molar refractivity (Wildman–Crippen MR) is 48.1 cm³/mol. The van der Waals surface area contributed by atoms with Crippen molar-refractivity contribution < 1.29 is 13.2 Å². The Kier molecular flexibility index (Phi) is 3.16. The molecule has 0 saturated carbocycles. The van der Waals surface area contributed by atoms with Gasteiger partial charge in [-0.2, -0.15) is 0 Å². The van der Waals surface area contributed by atoms with Gasteiger partial charge in [-0.15, -0.1) is 0 Å². The summed E-state index contributed by atoms with van der Waals surface area (Å²) in [5.74, 6) is -3.15. The highest BCUT2D eigenvalue weighted by Crippen LogP contribution is 2.24. The Labute approximate surface area is 80.7 Å². The summed E-state index contributed by atoms with van der Waals surface area (Å²) in [6.07, 6.45) is 0. The molecule has 0 heterocycles. The fraction of sp³-hybridized carbons (Fsp3) is 0.400. The van der Waals surface area contributed by atoms with Crippen molar-refractivity contribution in [1.82, 2.24) is 0 Å². The van der Waals surface area contributed by atoms with Gasteiger partial charge in [0, 0.05) is 17.7 Å². The van der Waals surface area contributed by atoms with E-state index in [-0.39, 0.29) is 11.5 Å². The van der Waals surface area contributed by atoms with Gasteiger partial charge in [0.05, 0.1) is 0 Å². The molecule has 78 valence electrons. The third-order valence-corrected chi connectivity index (χ3v) is 2.10. The summed E-state index contributed by atoms with van der Waals surface area (Å²) in [4.78, 5) is 0. The van der Waals surface area contributed by atoms with Gasteiger partial charge >= 0.3 is 0 Å². The van der Waals surface area contributed by atoms with Crippen LogP contribution in [0.3, 0.4) is 0 Å². The zero-order chi connectivity index (χ0) is 10.9. The van der Waals surface area contributed by atoms with Gasteiger partial charge < -0.3 is 5.73 Å². The predicted octanol–water partition coefficient (Wildman–Crippen LogP) is 2.76. The minimum atomic E-state index is -1.20. The van der Waals surface area contributed by atoms with E-state index in [0.717, 1.165) is 6.07 Å². The van der Waals surface area contributed by atoms with E-state index >= 15 is 0 Å². The van der Waals surface area contributed by atoms with Crippen molar-refractivity contribution in [1.29, 1.82) is 0 Å². The normalized spacial score (nSPS) is 13.4. The zero-order valence-corrected chi connectivity index (χ0v) is 8.02. The van der Waals surface area contributed by atoms with Crippen molar-refractivity contribution in [3.05, 3.63) is 35.1 Å². The third-order valence-electron chi connectivity index (χ3n) is 2.10. The Morgan fingerprint density at radius 1 is 1.14 bits per heavy atom.